The van der Waals surface area contributed by atoms with E-state index in [1.165, 1.54) is 6.07 Å². The molecule has 7 nitrogen and oxygen atoms in total. The number of urea groups is 1. The number of nitrogens with zero attached hydrogens (tertiary/aromatic N) is 1. The minimum Gasteiger partial charge on any atom is -0.486 e. The van der Waals surface area contributed by atoms with E-state index in [0.717, 1.165) is 12.1 Å². The van der Waals surface area contributed by atoms with Crippen LogP contribution in [0, 0.1) is 11.6 Å². The first-order valence-electron chi connectivity index (χ1n) is 8.72. The average molecular weight is 389 g/mol. The van der Waals surface area contributed by atoms with Crippen LogP contribution in [0.25, 0.3) is 0 Å². The fourth-order valence-electron chi connectivity index (χ4n) is 3.18. The number of benzene rings is 2. The van der Waals surface area contributed by atoms with E-state index < -0.39 is 23.7 Å². The van der Waals surface area contributed by atoms with E-state index in [1.54, 1.807) is 23.1 Å². The summed E-state index contributed by atoms with van der Waals surface area (Å²) in [6.45, 7) is 1.20. The van der Waals surface area contributed by atoms with E-state index in [4.69, 9.17) is 9.47 Å². The largest absolute Gasteiger partial charge is 0.486 e. The Hall–Kier alpha value is -3.36. The van der Waals surface area contributed by atoms with Crippen molar-refractivity contribution in [3.63, 3.8) is 0 Å². The van der Waals surface area contributed by atoms with E-state index in [-0.39, 0.29) is 24.6 Å². The number of hydrogen-bond acceptors (Lipinski definition) is 4. The van der Waals surface area contributed by atoms with Gasteiger partial charge in [0, 0.05) is 36.5 Å². The van der Waals surface area contributed by atoms with E-state index in [9.17, 15) is 18.4 Å². The summed E-state index contributed by atoms with van der Waals surface area (Å²) in [5.74, 6) is -0.998. The molecule has 0 unspecified atom stereocenters. The Balaban J connectivity index is 1.39. The van der Waals surface area contributed by atoms with Crippen LogP contribution in [0.3, 0.4) is 0 Å². The molecule has 2 N–H and O–H groups in total. The molecule has 2 aromatic carbocycles. The second kappa shape index (κ2) is 7.34. The lowest BCUT2D eigenvalue weighted by molar-refractivity contribution is -0.117. The smallest absolute Gasteiger partial charge is 0.319 e. The topological polar surface area (TPSA) is 79.9 Å². The van der Waals surface area contributed by atoms with Crippen molar-refractivity contribution in [2.24, 2.45) is 0 Å². The highest BCUT2D eigenvalue weighted by molar-refractivity contribution is 5.98. The second-order valence-corrected chi connectivity index (χ2v) is 6.46. The molecule has 0 radical (unpaired) electrons. The molecular weight excluding hydrogens is 372 g/mol. The van der Waals surface area contributed by atoms with Crippen LogP contribution in [0.15, 0.2) is 36.4 Å². The van der Waals surface area contributed by atoms with Gasteiger partial charge in [0.1, 0.15) is 13.2 Å². The predicted octanol–water partition coefficient (Wildman–Crippen LogP) is 2.66. The Morgan fingerprint density at radius 3 is 2.61 bits per heavy atom. The van der Waals surface area contributed by atoms with Gasteiger partial charge in [-0.15, -0.1) is 0 Å². The molecule has 2 aliphatic heterocycles. The first kappa shape index (κ1) is 18.0. The normalized spacial score (nSPS) is 18.1. The molecule has 9 heteroatoms. The third-order valence-corrected chi connectivity index (χ3v) is 4.48. The Kier molecular flexibility index (Phi) is 4.72. The number of rotatable bonds is 3. The maximum Gasteiger partial charge on any atom is 0.319 e. The Morgan fingerprint density at radius 1 is 1.04 bits per heavy atom. The Morgan fingerprint density at radius 2 is 1.82 bits per heavy atom. The highest BCUT2D eigenvalue weighted by atomic mass is 19.2. The van der Waals surface area contributed by atoms with Crippen LogP contribution < -0.4 is 25.0 Å². The van der Waals surface area contributed by atoms with Gasteiger partial charge in [-0.25, -0.2) is 13.6 Å². The van der Waals surface area contributed by atoms with Crippen LogP contribution in [-0.2, 0) is 4.79 Å². The minimum absolute atomic E-state index is 0.115. The number of fused-ring (bicyclic) bond motifs is 1. The van der Waals surface area contributed by atoms with E-state index >= 15 is 0 Å². The fourth-order valence-corrected chi connectivity index (χ4v) is 3.18. The van der Waals surface area contributed by atoms with Gasteiger partial charge in [-0.05, 0) is 24.3 Å². The standard InChI is InChI=1S/C19H17F2N3O4/c20-14-3-1-11(7-15(14)21)22-19(26)23-12-8-18(25)24(10-12)13-2-4-16-17(9-13)28-6-5-27-16/h1-4,7,9,12H,5-6,8,10H2,(H2,22,23,26)/t12-/m0/s1. The molecule has 0 saturated carbocycles. The monoisotopic (exact) mass is 389 g/mol. The number of hydrogen-bond donors (Lipinski definition) is 2. The maximum absolute atomic E-state index is 13.2. The highest BCUT2D eigenvalue weighted by Crippen LogP contribution is 2.35. The molecule has 0 bridgehead atoms. The Labute approximate surface area is 159 Å². The molecule has 2 aliphatic rings. The number of nitrogens with one attached hydrogen (secondary N) is 2. The van der Waals surface area contributed by atoms with Crippen LogP contribution in [-0.4, -0.2) is 37.7 Å². The molecule has 146 valence electrons. The fraction of sp³-hybridized carbons (Fsp3) is 0.263. The van der Waals surface area contributed by atoms with Gasteiger partial charge in [0.2, 0.25) is 5.91 Å². The summed E-state index contributed by atoms with van der Waals surface area (Å²) in [6.07, 6.45) is 0.125. The zero-order chi connectivity index (χ0) is 19.7. The maximum atomic E-state index is 13.2. The third kappa shape index (κ3) is 3.68. The summed E-state index contributed by atoms with van der Waals surface area (Å²) in [6, 6.07) is 7.26. The molecule has 3 amide bonds. The Bertz CT molecular complexity index is 937. The highest BCUT2D eigenvalue weighted by Gasteiger charge is 2.32. The van der Waals surface area contributed by atoms with Crippen LogP contribution in [0.4, 0.5) is 25.0 Å². The summed E-state index contributed by atoms with van der Waals surface area (Å²) in [5.41, 5.74) is 0.768. The summed E-state index contributed by atoms with van der Waals surface area (Å²) in [4.78, 5) is 26.0. The van der Waals surface area contributed by atoms with E-state index in [2.05, 4.69) is 10.6 Å². The number of carbonyl (C=O) groups is 2. The van der Waals surface area contributed by atoms with Crippen molar-refractivity contribution >= 4 is 23.3 Å². The van der Waals surface area contributed by atoms with Gasteiger partial charge in [-0.2, -0.15) is 0 Å². The number of anilines is 2. The van der Waals surface area contributed by atoms with Gasteiger partial charge < -0.3 is 25.0 Å². The van der Waals surface area contributed by atoms with Crippen molar-refractivity contribution in [3.8, 4) is 11.5 Å². The zero-order valence-corrected chi connectivity index (χ0v) is 14.7. The first-order valence-corrected chi connectivity index (χ1v) is 8.72. The van der Waals surface area contributed by atoms with Crippen LogP contribution >= 0.6 is 0 Å². The van der Waals surface area contributed by atoms with Gasteiger partial charge in [-0.1, -0.05) is 0 Å². The molecule has 1 saturated heterocycles. The van der Waals surface area contributed by atoms with Crippen molar-refractivity contribution < 1.29 is 27.8 Å². The molecule has 4 rings (SSSR count). The minimum atomic E-state index is -1.06. The van der Waals surface area contributed by atoms with Crippen molar-refractivity contribution in [1.29, 1.82) is 0 Å². The molecule has 2 aromatic rings. The molecule has 28 heavy (non-hydrogen) atoms. The van der Waals surface area contributed by atoms with E-state index in [1.807, 2.05) is 0 Å². The number of ether oxygens (including phenoxy) is 2. The number of carbonyl (C=O) groups excluding carboxylic acids is 2. The number of halogens is 2. The number of amides is 3. The lowest BCUT2D eigenvalue weighted by Crippen LogP contribution is -2.39. The summed E-state index contributed by atoms with van der Waals surface area (Å²) >= 11 is 0. The molecule has 2 heterocycles. The van der Waals surface area contributed by atoms with Gasteiger partial charge in [0.15, 0.2) is 23.1 Å². The predicted molar refractivity (Wildman–Crippen MR) is 96.7 cm³/mol. The van der Waals surface area contributed by atoms with Gasteiger partial charge in [0.25, 0.3) is 0 Å². The molecule has 1 fully saturated rings. The third-order valence-electron chi connectivity index (χ3n) is 4.48. The van der Waals surface area contributed by atoms with Crippen molar-refractivity contribution in [2.75, 3.05) is 30.0 Å². The van der Waals surface area contributed by atoms with Crippen LogP contribution in [0.5, 0.6) is 11.5 Å². The van der Waals surface area contributed by atoms with Gasteiger partial charge in [0.05, 0.1) is 6.04 Å². The summed E-state index contributed by atoms with van der Waals surface area (Å²) in [5, 5.41) is 5.09. The quantitative estimate of drug-likeness (QED) is 0.846. The second-order valence-electron chi connectivity index (χ2n) is 6.46. The van der Waals surface area contributed by atoms with Crippen molar-refractivity contribution in [2.45, 2.75) is 12.5 Å². The lowest BCUT2D eigenvalue weighted by Gasteiger charge is -2.22. The van der Waals surface area contributed by atoms with Crippen molar-refractivity contribution in [1.82, 2.24) is 5.32 Å². The molecule has 0 aromatic heterocycles. The van der Waals surface area contributed by atoms with Gasteiger partial charge in [-0.3, -0.25) is 4.79 Å². The van der Waals surface area contributed by atoms with Crippen LogP contribution in [0.1, 0.15) is 6.42 Å². The van der Waals surface area contributed by atoms with Crippen LogP contribution in [0.2, 0.25) is 0 Å². The molecule has 0 aliphatic carbocycles. The summed E-state index contributed by atoms with van der Waals surface area (Å²) in [7, 11) is 0. The summed E-state index contributed by atoms with van der Waals surface area (Å²) < 4.78 is 37.2. The molecular formula is C19H17F2N3O4. The van der Waals surface area contributed by atoms with E-state index in [0.29, 0.717) is 30.4 Å². The SMILES string of the molecule is O=C(Nc1ccc(F)c(F)c1)N[C@H]1CC(=O)N(c2ccc3c(c2)OCCO3)C1. The molecule has 1 atom stereocenters. The first-order chi connectivity index (χ1) is 13.5. The molecule has 0 spiro atoms. The van der Waals surface area contributed by atoms with Gasteiger partial charge >= 0.3 is 6.03 Å². The zero-order valence-electron chi connectivity index (χ0n) is 14.7. The lowest BCUT2D eigenvalue weighted by atomic mass is 10.2. The average Bonchev–Trinajstić information content (AvgIpc) is 3.04. The van der Waals surface area contributed by atoms with Crippen molar-refractivity contribution in [3.05, 3.63) is 48.0 Å².